The van der Waals surface area contributed by atoms with Crippen LogP contribution in [0.15, 0.2) is 30.5 Å². The molecule has 1 aromatic heterocycles. The first-order valence-corrected chi connectivity index (χ1v) is 8.52. The van der Waals surface area contributed by atoms with E-state index in [9.17, 15) is 0 Å². The fraction of sp³-hybridized carbons (Fsp3) is 0.579. The van der Waals surface area contributed by atoms with Crippen molar-refractivity contribution in [1.82, 2.24) is 9.88 Å². The highest BCUT2D eigenvalue weighted by Crippen LogP contribution is 2.23. The van der Waals surface area contributed by atoms with E-state index in [4.69, 9.17) is 0 Å². The first-order valence-electron chi connectivity index (χ1n) is 8.52. The van der Waals surface area contributed by atoms with Crippen LogP contribution < -0.4 is 5.32 Å². The number of nitrogens with one attached hydrogen (secondary N) is 1. The number of para-hydroxylation sites is 1. The van der Waals surface area contributed by atoms with E-state index >= 15 is 0 Å². The van der Waals surface area contributed by atoms with Gasteiger partial charge in [0.15, 0.2) is 0 Å². The molecule has 0 radical (unpaired) electrons. The molecular weight excluding hydrogens is 256 g/mol. The number of nitrogens with zero attached hydrogens (tertiary/aromatic N) is 1. The molecular formula is C19H30N2. The summed E-state index contributed by atoms with van der Waals surface area (Å²) < 4.78 is 2.45. The van der Waals surface area contributed by atoms with Gasteiger partial charge in [0.25, 0.3) is 0 Å². The lowest BCUT2D eigenvalue weighted by molar-refractivity contribution is 0.570. The van der Waals surface area contributed by atoms with Crippen molar-refractivity contribution in [3.8, 4) is 0 Å². The molecule has 2 nitrogen and oxygen atoms in total. The van der Waals surface area contributed by atoms with Crippen LogP contribution in [0.3, 0.4) is 0 Å². The Morgan fingerprint density at radius 1 is 1.10 bits per heavy atom. The fourth-order valence-electron chi connectivity index (χ4n) is 2.91. The fourth-order valence-corrected chi connectivity index (χ4v) is 2.91. The van der Waals surface area contributed by atoms with Crippen molar-refractivity contribution in [1.29, 1.82) is 0 Å². The summed E-state index contributed by atoms with van der Waals surface area (Å²) in [6.45, 7) is 8.94. The van der Waals surface area contributed by atoms with Crippen molar-refractivity contribution in [3.05, 3.63) is 36.0 Å². The van der Waals surface area contributed by atoms with Gasteiger partial charge in [0, 0.05) is 29.7 Å². The molecule has 0 saturated heterocycles. The zero-order valence-electron chi connectivity index (χ0n) is 13.9. The number of hydrogen-bond donors (Lipinski definition) is 1. The van der Waals surface area contributed by atoms with Crippen LogP contribution in [0.5, 0.6) is 0 Å². The Labute approximate surface area is 129 Å². The SMILES string of the molecule is CCCCCn1cc(CCCNC(C)C)c2ccccc21. The standard InChI is InChI=1S/C19H30N2/c1-4-5-8-14-21-15-17(10-9-13-20-16(2)3)18-11-6-7-12-19(18)21/h6-7,11-12,15-16,20H,4-5,8-10,13-14H2,1-3H3. The van der Waals surface area contributed by atoms with Gasteiger partial charge in [0.2, 0.25) is 0 Å². The van der Waals surface area contributed by atoms with E-state index in [0.29, 0.717) is 6.04 Å². The Hall–Kier alpha value is -1.28. The predicted molar refractivity (Wildman–Crippen MR) is 92.9 cm³/mol. The van der Waals surface area contributed by atoms with Crippen LogP contribution in [-0.2, 0) is 13.0 Å². The van der Waals surface area contributed by atoms with Crippen molar-refractivity contribution in [2.24, 2.45) is 0 Å². The Balaban J connectivity index is 2.04. The van der Waals surface area contributed by atoms with Gasteiger partial charge < -0.3 is 9.88 Å². The van der Waals surface area contributed by atoms with Crippen molar-refractivity contribution in [3.63, 3.8) is 0 Å². The molecule has 1 aromatic carbocycles. The predicted octanol–water partition coefficient (Wildman–Crippen LogP) is 4.76. The molecule has 0 unspecified atom stereocenters. The number of fused-ring (bicyclic) bond motifs is 1. The van der Waals surface area contributed by atoms with Crippen LogP contribution >= 0.6 is 0 Å². The molecule has 0 fully saturated rings. The number of aromatic nitrogens is 1. The minimum atomic E-state index is 0.584. The lowest BCUT2D eigenvalue weighted by Gasteiger charge is -2.07. The molecule has 0 aliphatic rings. The monoisotopic (exact) mass is 286 g/mol. The molecule has 0 bridgehead atoms. The van der Waals surface area contributed by atoms with Gasteiger partial charge in [-0.1, -0.05) is 51.8 Å². The number of unbranched alkanes of at least 4 members (excludes halogenated alkanes) is 2. The molecule has 2 rings (SSSR count). The van der Waals surface area contributed by atoms with E-state index in [2.05, 4.69) is 61.1 Å². The largest absolute Gasteiger partial charge is 0.347 e. The first kappa shape index (κ1) is 16.1. The highest BCUT2D eigenvalue weighted by Gasteiger charge is 2.07. The van der Waals surface area contributed by atoms with Crippen LogP contribution in [0.25, 0.3) is 10.9 Å². The molecule has 21 heavy (non-hydrogen) atoms. The normalized spacial score (nSPS) is 11.6. The van der Waals surface area contributed by atoms with Gasteiger partial charge in [-0.15, -0.1) is 0 Å². The number of benzene rings is 1. The summed E-state index contributed by atoms with van der Waals surface area (Å²) in [6.07, 6.45) is 8.65. The molecule has 1 N–H and O–H groups in total. The minimum absolute atomic E-state index is 0.584. The van der Waals surface area contributed by atoms with Gasteiger partial charge in [0.05, 0.1) is 0 Å². The van der Waals surface area contributed by atoms with Crippen LogP contribution in [0.2, 0.25) is 0 Å². The van der Waals surface area contributed by atoms with E-state index in [1.807, 2.05) is 0 Å². The smallest absolute Gasteiger partial charge is 0.0483 e. The highest BCUT2D eigenvalue weighted by molar-refractivity contribution is 5.83. The molecule has 0 spiro atoms. The summed E-state index contributed by atoms with van der Waals surface area (Å²) in [5, 5.41) is 4.95. The third-order valence-electron chi connectivity index (χ3n) is 4.05. The molecule has 0 aliphatic carbocycles. The van der Waals surface area contributed by atoms with Crippen LogP contribution in [0.1, 0.15) is 52.0 Å². The molecule has 0 atom stereocenters. The summed E-state index contributed by atoms with van der Waals surface area (Å²) in [4.78, 5) is 0. The summed E-state index contributed by atoms with van der Waals surface area (Å²) >= 11 is 0. The van der Waals surface area contributed by atoms with Crippen molar-refractivity contribution >= 4 is 10.9 Å². The zero-order chi connectivity index (χ0) is 15.1. The third-order valence-corrected chi connectivity index (χ3v) is 4.05. The quantitative estimate of drug-likeness (QED) is 0.657. The van der Waals surface area contributed by atoms with Crippen LogP contribution in [-0.4, -0.2) is 17.2 Å². The Bertz CT molecular complexity index is 539. The average molecular weight is 286 g/mol. The maximum Gasteiger partial charge on any atom is 0.0483 e. The van der Waals surface area contributed by atoms with Crippen LogP contribution in [0.4, 0.5) is 0 Å². The van der Waals surface area contributed by atoms with Crippen molar-refractivity contribution < 1.29 is 0 Å². The second-order valence-corrected chi connectivity index (χ2v) is 6.28. The number of aryl methyl sites for hydroxylation is 2. The Morgan fingerprint density at radius 3 is 2.67 bits per heavy atom. The summed E-state index contributed by atoms with van der Waals surface area (Å²) in [5.74, 6) is 0. The van der Waals surface area contributed by atoms with E-state index in [0.717, 1.165) is 13.1 Å². The van der Waals surface area contributed by atoms with Crippen molar-refractivity contribution in [2.45, 2.75) is 65.5 Å². The van der Waals surface area contributed by atoms with E-state index in [-0.39, 0.29) is 0 Å². The molecule has 2 heteroatoms. The summed E-state index contributed by atoms with van der Waals surface area (Å²) in [5.41, 5.74) is 2.91. The van der Waals surface area contributed by atoms with Crippen LogP contribution in [0, 0.1) is 0 Å². The molecule has 0 aliphatic heterocycles. The van der Waals surface area contributed by atoms with Gasteiger partial charge >= 0.3 is 0 Å². The number of hydrogen-bond acceptors (Lipinski definition) is 1. The summed E-state index contributed by atoms with van der Waals surface area (Å²) in [6, 6.07) is 9.44. The second kappa shape index (κ2) is 8.23. The molecule has 0 amide bonds. The topological polar surface area (TPSA) is 17.0 Å². The first-order chi connectivity index (χ1) is 10.2. The zero-order valence-corrected chi connectivity index (χ0v) is 13.9. The third kappa shape index (κ3) is 4.60. The van der Waals surface area contributed by atoms with Gasteiger partial charge in [-0.2, -0.15) is 0 Å². The lowest BCUT2D eigenvalue weighted by atomic mass is 10.1. The van der Waals surface area contributed by atoms with E-state index in [1.165, 1.54) is 48.6 Å². The maximum absolute atomic E-state index is 3.51. The van der Waals surface area contributed by atoms with E-state index in [1.54, 1.807) is 0 Å². The number of rotatable bonds is 9. The molecule has 0 saturated carbocycles. The van der Waals surface area contributed by atoms with Gasteiger partial charge in [0.1, 0.15) is 0 Å². The maximum atomic E-state index is 3.51. The van der Waals surface area contributed by atoms with Crippen molar-refractivity contribution in [2.75, 3.05) is 6.54 Å². The highest BCUT2D eigenvalue weighted by atomic mass is 15.0. The van der Waals surface area contributed by atoms with Gasteiger partial charge in [-0.25, -0.2) is 0 Å². The average Bonchev–Trinajstić information content (AvgIpc) is 2.82. The summed E-state index contributed by atoms with van der Waals surface area (Å²) in [7, 11) is 0. The molecule has 2 aromatic rings. The Kier molecular flexibility index (Phi) is 6.31. The van der Waals surface area contributed by atoms with E-state index < -0.39 is 0 Å². The molecule has 1 heterocycles. The second-order valence-electron chi connectivity index (χ2n) is 6.28. The minimum Gasteiger partial charge on any atom is -0.347 e. The lowest BCUT2D eigenvalue weighted by Crippen LogP contribution is -2.23. The van der Waals surface area contributed by atoms with Gasteiger partial charge in [-0.05, 0) is 37.4 Å². The molecule has 116 valence electrons. The van der Waals surface area contributed by atoms with Gasteiger partial charge in [-0.3, -0.25) is 0 Å². The Morgan fingerprint density at radius 2 is 1.90 bits per heavy atom.